The van der Waals surface area contributed by atoms with E-state index in [0.717, 1.165) is 59.9 Å². The van der Waals surface area contributed by atoms with E-state index in [1.54, 1.807) is 18.2 Å². The number of benzene rings is 2. The van der Waals surface area contributed by atoms with E-state index in [1.165, 1.54) is 5.57 Å². The number of methoxy groups -OCH3 is 1. The summed E-state index contributed by atoms with van der Waals surface area (Å²) in [6, 6.07) is 15.1. The van der Waals surface area contributed by atoms with Gasteiger partial charge in [0.25, 0.3) is 5.91 Å². The number of aryl methyl sites for hydroxylation is 3. The van der Waals surface area contributed by atoms with E-state index < -0.39 is 0 Å². The molecule has 1 atom stereocenters. The number of aromatic nitrogens is 1. The smallest absolute Gasteiger partial charge is 0.322 e. The fourth-order valence-corrected chi connectivity index (χ4v) is 5.91. The van der Waals surface area contributed by atoms with E-state index >= 15 is 0 Å². The van der Waals surface area contributed by atoms with Crippen LogP contribution < -0.4 is 15.0 Å². The van der Waals surface area contributed by atoms with E-state index in [-0.39, 0.29) is 11.9 Å². The Bertz CT molecular complexity index is 1470. The number of fused-ring (bicyclic) bond motifs is 1. The van der Waals surface area contributed by atoms with Gasteiger partial charge in [-0.3, -0.25) is 19.6 Å². The largest absolute Gasteiger partial charge is 0.497 e. The van der Waals surface area contributed by atoms with Crippen LogP contribution in [0.15, 0.2) is 66.5 Å². The molecule has 0 bridgehead atoms. The number of anilines is 1. The summed E-state index contributed by atoms with van der Waals surface area (Å²) in [4.78, 5) is 37.0. The maximum Gasteiger partial charge on any atom is 0.322 e. The number of likely N-dealkylation sites (tertiary alicyclic amines) is 1. The van der Waals surface area contributed by atoms with Crippen molar-refractivity contribution in [3.05, 3.63) is 99.5 Å². The molecule has 0 saturated carbocycles. The van der Waals surface area contributed by atoms with Gasteiger partial charge in [-0.1, -0.05) is 29.8 Å². The lowest BCUT2D eigenvalue weighted by Crippen LogP contribution is -2.41. The van der Waals surface area contributed by atoms with Gasteiger partial charge in [-0.15, -0.1) is 0 Å². The number of urea groups is 1. The number of nitrogens with zero attached hydrogens (tertiary/aromatic N) is 4. The molecular formula is C33H38ClN5O3. The third-order valence-corrected chi connectivity index (χ3v) is 8.55. The molecule has 1 saturated heterocycles. The van der Waals surface area contributed by atoms with Gasteiger partial charge in [0.15, 0.2) is 0 Å². The van der Waals surface area contributed by atoms with E-state index in [1.807, 2.05) is 80.4 Å². The predicted octanol–water partition coefficient (Wildman–Crippen LogP) is 5.75. The van der Waals surface area contributed by atoms with Gasteiger partial charge in [-0.25, -0.2) is 4.79 Å². The molecule has 5 rings (SSSR count). The van der Waals surface area contributed by atoms with E-state index in [0.29, 0.717) is 36.1 Å². The highest BCUT2D eigenvalue weighted by Gasteiger charge is 2.36. The average molecular weight is 588 g/mol. The molecule has 2 aromatic carbocycles. The maximum atomic E-state index is 13.4. The van der Waals surface area contributed by atoms with Crippen molar-refractivity contribution in [3.8, 4) is 5.75 Å². The summed E-state index contributed by atoms with van der Waals surface area (Å²) < 4.78 is 5.23. The van der Waals surface area contributed by atoms with Crippen LogP contribution in [-0.4, -0.2) is 66.6 Å². The number of carbonyl (C=O) groups is 2. The standard InChI is InChI=1S/C33H38ClN5O3/c1-22-6-9-28(16-30(22)34)39(33(41)36-17-25-7-10-29(42-4)11-8-25)15-5-14-37-18-26-20-38(21-27(26)19-37)32(40)31-23(2)12-13-35-24(31)3/h6-13,16,20,27H,5,14-15,17-19,21H2,1-4H3,(H,36,41). The summed E-state index contributed by atoms with van der Waals surface area (Å²) in [6.45, 7) is 10.0. The lowest BCUT2D eigenvalue weighted by Gasteiger charge is -2.25. The molecule has 0 radical (unpaired) electrons. The van der Waals surface area contributed by atoms with Crippen molar-refractivity contribution in [2.45, 2.75) is 33.7 Å². The van der Waals surface area contributed by atoms with Gasteiger partial charge in [0, 0.05) is 68.3 Å². The highest BCUT2D eigenvalue weighted by molar-refractivity contribution is 6.31. The first-order valence-corrected chi connectivity index (χ1v) is 14.7. The van der Waals surface area contributed by atoms with Crippen LogP contribution in [0.1, 0.15) is 39.2 Å². The molecule has 2 aliphatic heterocycles. The lowest BCUT2D eigenvalue weighted by molar-refractivity contribution is 0.0818. The Morgan fingerprint density at radius 2 is 1.86 bits per heavy atom. The Kier molecular flexibility index (Phi) is 9.14. The minimum absolute atomic E-state index is 0.0274. The quantitative estimate of drug-likeness (QED) is 0.345. The van der Waals surface area contributed by atoms with Crippen molar-refractivity contribution in [2.75, 3.05) is 44.7 Å². The molecule has 220 valence electrons. The molecule has 1 aromatic heterocycles. The van der Waals surface area contributed by atoms with Crippen molar-refractivity contribution in [2.24, 2.45) is 5.92 Å². The van der Waals surface area contributed by atoms with Crippen LogP contribution in [0.4, 0.5) is 10.5 Å². The van der Waals surface area contributed by atoms with Crippen molar-refractivity contribution in [1.82, 2.24) is 20.1 Å². The molecule has 1 unspecified atom stereocenters. The topological polar surface area (TPSA) is 78.0 Å². The van der Waals surface area contributed by atoms with Gasteiger partial charge in [0.2, 0.25) is 0 Å². The third-order valence-electron chi connectivity index (χ3n) is 8.14. The maximum absolute atomic E-state index is 13.4. The second kappa shape index (κ2) is 13.0. The molecule has 3 aromatic rings. The summed E-state index contributed by atoms with van der Waals surface area (Å²) in [5.74, 6) is 1.14. The van der Waals surface area contributed by atoms with Gasteiger partial charge < -0.3 is 15.0 Å². The number of halogens is 1. The van der Waals surface area contributed by atoms with E-state index in [9.17, 15) is 9.59 Å². The number of ether oxygens (including phenoxy) is 1. The molecule has 42 heavy (non-hydrogen) atoms. The molecule has 2 aliphatic rings. The molecule has 3 heterocycles. The van der Waals surface area contributed by atoms with Gasteiger partial charge >= 0.3 is 6.03 Å². The number of hydrogen-bond acceptors (Lipinski definition) is 5. The zero-order valence-corrected chi connectivity index (χ0v) is 25.4. The minimum atomic E-state index is -0.165. The van der Waals surface area contributed by atoms with Crippen LogP contribution in [0.3, 0.4) is 0 Å². The fraction of sp³-hybridized carbons (Fsp3) is 0.364. The Balaban J connectivity index is 1.19. The first-order valence-electron chi connectivity index (χ1n) is 14.3. The number of amides is 3. The molecule has 1 N–H and O–H groups in total. The molecule has 0 aliphatic carbocycles. The number of hydrogen-bond donors (Lipinski definition) is 1. The fourth-order valence-electron chi connectivity index (χ4n) is 5.73. The summed E-state index contributed by atoms with van der Waals surface area (Å²) in [7, 11) is 1.63. The third kappa shape index (κ3) is 6.61. The number of nitrogens with one attached hydrogen (secondary N) is 1. The summed E-state index contributed by atoms with van der Waals surface area (Å²) >= 11 is 6.43. The zero-order chi connectivity index (χ0) is 29.8. The van der Waals surface area contributed by atoms with Gasteiger partial charge in [0.1, 0.15) is 5.75 Å². The van der Waals surface area contributed by atoms with Gasteiger partial charge in [0.05, 0.1) is 18.4 Å². The Labute approximate surface area is 252 Å². The summed E-state index contributed by atoms with van der Waals surface area (Å²) in [5, 5.41) is 3.69. The number of rotatable bonds is 9. The SMILES string of the molecule is COc1ccc(CNC(=O)N(CCCN2CC3=CN(C(=O)c4c(C)ccnc4C)CC3C2)c2ccc(C)c(Cl)c2)cc1. The normalized spacial score (nSPS) is 16.3. The minimum Gasteiger partial charge on any atom is -0.497 e. The predicted molar refractivity (Wildman–Crippen MR) is 166 cm³/mol. The van der Waals surface area contributed by atoms with Crippen molar-refractivity contribution in [1.29, 1.82) is 0 Å². The van der Waals surface area contributed by atoms with Crippen LogP contribution in [0.5, 0.6) is 5.75 Å². The second-order valence-corrected chi connectivity index (χ2v) is 11.5. The van der Waals surface area contributed by atoms with Crippen LogP contribution in [-0.2, 0) is 6.54 Å². The summed E-state index contributed by atoms with van der Waals surface area (Å²) in [6.07, 6.45) is 4.58. The van der Waals surface area contributed by atoms with Crippen LogP contribution in [0.2, 0.25) is 5.02 Å². The molecule has 3 amide bonds. The lowest BCUT2D eigenvalue weighted by atomic mass is 10.1. The molecule has 8 nitrogen and oxygen atoms in total. The van der Waals surface area contributed by atoms with Gasteiger partial charge in [-0.05, 0) is 79.8 Å². The molecule has 0 spiro atoms. The van der Waals surface area contributed by atoms with Crippen LogP contribution in [0, 0.1) is 26.7 Å². The van der Waals surface area contributed by atoms with Crippen molar-refractivity contribution in [3.63, 3.8) is 0 Å². The first kappa shape index (κ1) is 29.6. The number of carbonyl (C=O) groups excluding carboxylic acids is 2. The first-order chi connectivity index (χ1) is 20.2. The molecular weight excluding hydrogens is 550 g/mol. The monoisotopic (exact) mass is 587 g/mol. The van der Waals surface area contributed by atoms with Crippen LogP contribution >= 0.6 is 11.6 Å². The summed E-state index contributed by atoms with van der Waals surface area (Å²) in [5.41, 5.74) is 6.45. The van der Waals surface area contributed by atoms with E-state index in [4.69, 9.17) is 16.3 Å². The Morgan fingerprint density at radius 3 is 2.55 bits per heavy atom. The highest BCUT2D eigenvalue weighted by atomic mass is 35.5. The zero-order valence-electron chi connectivity index (χ0n) is 24.7. The van der Waals surface area contributed by atoms with Gasteiger partial charge in [-0.2, -0.15) is 0 Å². The second-order valence-electron chi connectivity index (χ2n) is 11.1. The van der Waals surface area contributed by atoms with E-state index in [2.05, 4.69) is 15.2 Å². The van der Waals surface area contributed by atoms with Crippen molar-refractivity contribution < 1.29 is 14.3 Å². The van der Waals surface area contributed by atoms with Crippen molar-refractivity contribution >= 4 is 29.2 Å². The van der Waals surface area contributed by atoms with Crippen LogP contribution in [0.25, 0.3) is 0 Å². The Hall–Kier alpha value is -3.88. The number of pyridine rings is 1. The Morgan fingerprint density at radius 1 is 1.07 bits per heavy atom. The molecule has 9 heteroatoms. The average Bonchev–Trinajstić information content (AvgIpc) is 3.55. The molecule has 1 fully saturated rings. The highest BCUT2D eigenvalue weighted by Crippen LogP contribution is 2.31.